The van der Waals surface area contributed by atoms with Gasteiger partial charge in [-0.15, -0.1) is 0 Å². The zero-order valence-electron chi connectivity index (χ0n) is 10.8. The normalized spacial score (nSPS) is 31.4. The van der Waals surface area contributed by atoms with Gasteiger partial charge in [0.15, 0.2) is 0 Å². The molecule has 1 aromatic rings. The molecule has 5 heteroatoms. The molecular formula is C12H21N3O2. The van der Waals surface area contributed by atoms with Gasteiger partial charge in [0.1, 0.15) is 5.60 Å². The van der Waals surface area contributed by atoms with Crippen LogP contribution in [-0.2, 0) is 10.3 Å². The van der Waals surface area contributed by atoms with Gasteiger partial charge in [-0.3, -0.25) is 0 Å². The lowest BCUT2D eigenvalue weighted by atomic mass is 9.78. The summed E-state index contributed by atoms with van der Waals surface area (Å²) < 4.78 is 10.9. The molecule has 0 aromatic carbocycles. The largest absolute Gasteiger partial charge is 0.370 e. The lowest BCUT2D eigenvalue weighted by Gasteiger charge is -2.36. The van der Waals surface area contributed by atoms with Gasteiger partial charge in [0, 0.05) is 7.11 Å². The van der Waals surface area contributed by atoms with Crippen LogP contribution in [0.25, 0.3) is 0 Å². The Kier molecular flexibility index (Phi) is 3.49. The van der Waals surface area contributed by atoms with Crippen molar-refractivity contribution in [1.82, 2.24) is 10.1 Å². The van der Waals surface area contributed by atoms with E-state index in [0.29, 0.717) is 17.6 Å². The monoisotopic (exact) mass is 239 g/mol. The first-order chi connectivity index (χ1) is 8.07. The summed E-state index contributed by atoms with van der Waals surface area (Å²) in [5.41, 5.74) is 5.35. The smallest absolute Gasteiger partial charge is 0.243 e. The molecule has 2 N–H and O–H groups in total. The van der Waals surface area contributed by atoms with Crippen molar-refractivity contribution >= 4 is 0 Å². The minimum atomic E-state index is -0.381. The van der Waals surface area contributed by atoms with E-state index < -0.39 is 0 Å². The van der Waals surface area contributed by atoms with Crippen molar-refractivity contribution in [3.05, 3.63) is 11.7 Å². The average Bonchev–Trinajstić information content (AvgIpc) is 2.78. The van der Waals surface area contributed by atoms with E-state index >= 15 is 0 Å². The number of nitrogens with zero attached hydrogens (tertiary/aromatic N) is 2. The molecule has 0 saturated heterocycles. The molecule has 1 aromatic heterocycles. The summed E-state index contributed by atoms with van der Waals surface area (Å²) in [6.45, 7) is 4.07. The van der Waals surface area contributed by atoms with Gasteiger partial charge in [-0.25, -0.2) is 0 Å². The fourth-order valence-electron chi connectivity index (χ4n) is 2.59. The highest BCUT2D eigenvalue weighted by atomic mass is 16.5. The molecule has 1 fully saturated rings. The lowest BCUT2D eigenvalue weighted by Crippen LogP contribution is -2.35. The first-order valence-electron chi connectivity index (χ1n) is 6.22. The Labute approximate surface area is 102 Å². The van der Waals surface area contributed by atoms with Gasteiger partial charge < -0.3 is 15.0 Å². The van der Waals surface area contributed by atoms with E-state index in [4.69, 9.17) is 15.0 Å². The summed E-state index contributed by atoms with van der Waals surface area (Å²) in [7, 11) is 1.72. The number of hydrogen-bond acceptors (Lipinski definition) is 5. The van der Waals surface area contributed by atoms with Crippen molar-refractivity contribution < 1.29 is 9.26 Å². The minimum absolute atomic E-state index is 0.230. The van der Waals surface area contributed by atoms with Gasteiger partial charge in [0.25, 0.3) is 0 Å². The van der Waals surface area contributed by atoms with Crippen molar-refractivity contribution in [2.45, 2.75) is 51.2 Å². The van der Waals surface area contributed by atoms with E-state index in [1.165, 1.54) is 6.42 Å². The topological polar surface area (TPSA) is 74.2 Å². The Bertz CT molecular complexity index is 378. The van der Waals surface area contributed by atoms with Gasteiger partial charge in [-0.2, -0.15) is 4.98 Å². The predicted molar refractivity (Wildman–Crippen MR) is 63.2 cm³/mol. The van der Waals surface area contributed by atoms with E-state index in [1.54, 1.807) is 7.11 Å². The van der Waals surface area contributed by atoms with Gasteiger partial charge in [0.05, 0.1) is 6.04 Å². The Balaban J connectivity index is 2.26. The van der Waals surface area contributed by atoms with E-state index in [0.717, 1.165) is 19.3 Å². The Morgan fingerprint density at radius 1 is 1.59 bits per heavy atom. The Morgan fingerprint density at radius 3 is 2.88 bits per heavy atom. The number of methoxy groups -OCH3 is 1. The summed E-state index contributed by atoms with van der Waals surface area (Å²) in [6, 6.07) is -0.230. The molecule has 96 valence electrons. The minimum Gasteiger partial charge on any atom is -0.370 e. The van der Waals surface area contributed by atoms with Gasteiger partial charge >= 0.3 is 0 Å². The fourth-order valence-corrected chi connectivity index (χ4v) is 2.59. The molecule has 3 unspecified atom stereocenters. The van der Waals surface area contributed by atoms with E-state index in [-0.39, 0.29) is 11.6 Å². The molecule has 2 rings (SSSR count). The highest BCUT2D eigenvalue weighted by Crippen LogP contribution is 2.41. The van der Waals surface area contributed by atoms with Crippen LogP contribution in [0.4, 0.5) is 0 Å². The molecule has 3 atom stereocenters. The third-order valence-corrected chi connectivity index (χ3v) is 3.59. The predicted octanol–water partition coefficient (Wildman–Crippen LogP) is 2.14. The van der Waals surface area contributed by atoms with Crippen molar-refractivity contribution in [2.24, 2.45) is 11.7 Å². The van der Waals surface area contributed by atoms with Crippen LogP contribution in [0.1, 0.15) is 57.3 Å². The summed E-state index contributed by atoms with van der Waals surface area (Å²) in [5.74, 6) is 1.76. The molecule has 1 aliphatic carbocycles. The number of rotatable bonds is 3. The van der Waals surface area contributed by atoms with Crippen LogP contribution in [-0.4, -0.2) is 17.3 Å². The van der Waals surface area contributed by atoms with Crippen LogP contribution >= 0.6 is 0 Å². The zero-order valence-corrected chi connectivity index (χ0v) is 10.8. The van der Waals surface area contributed by atoms with Gasteiger partial charge in [0.2, 0.25) is 11.7 Å². The summed E-state index contributed by atoms with van der Waals surface area (Å²) in [4.78, 5) is 4.38. The third-order valence-electron chi connectivity index (χ3n) is 3.59. The number of aromatic nitrogens is 2. The van der Waals surface area contributed by atoms with Crippen LogP contribution in [0.15, 0.2) is 4.52 Å². The Hall–Kier alpha value is -0.940. The molecule has 1 heterocycles. The highest BCUT2D eigenvalue weighted by Gasteiger charge is 2.41. The lowest BCUT2D eigenvalue weighted by molar-refractivity contribution is -0.0658. The van der Waals surface area contributed by atoms with Crippen molar-refractivity contribution in [3.63, 3.8) is 0 Å². The van der Waals surface area contributed by atoms with E-state index in [2.05, 4.69) is 17.1 Å². The third kappa shape index (κ3) is 2.35. The van der Waals surface area contributed by atoms with Gasteiger partial charge in [-0.05, 0) is 32.1 Å². The molecule has 5 nitrogen and oxygen atoms in total. The van der Waals surface area contributed by atoms with Crippen LogP contribution in [0.2, 0.25) is 0 Å². The van der Waals surface area contributed by atoms with E-state index in [1.807, 2.05) is 6.92 Å². The molecule has 1 aliphatic rings. The fraction of sp³-hybridized carbons (Fsp3) is 0.833. The number of hydrogen-bond donors (Lipinski definition) is 1. The number of ether oxygens (including phenoxy) is 1. The van der Waals surface area contributed by atoms with Crippen molar-refractivity contribution in [2.75, 3.05) is 7.11 Å². The maximum Gasteiger partial charge on any atom is 0.243 e. The maximum absolute atomic E-state index is 5.73. The summed E-state index contributed by atoms with van der Waals surface area (Å²) in [5, 5.41) is 4.05. The van der Waals surface area contributed by atoms with E-state index in [9.17, 15) is 0 Å². The highest BCUT2D eigenvalue weighted by molar-refractivity contribution is 5.05. The summed E-state index contributed by atoms with van der Waals surface area (Å²) in [6.07, 6.45) is 4.27. The standard InChI is InChI=1S/C12H21N3O2/c1-8-5-4-6-12(7-8,16-3)11-14-10(9(2)13)17-15-11/h8-9H,4-7,13H2,1-3H3. The Morgan fingerprint density at radius 2 is 2.35 bits per heavy atom. The molecule has 0 aliphatic heterocycles. The molecule has 0 spiro atoms. The van der Waals surface area contributed by atoms with Crippen molar-refractivity contribution in [1.29, 1.82) is 0 Å². The molecule has 17 heavy (non-hydrogen) atoms. The number of nitrogens with two attached hydrogens (primary N) is 1. The van der Waals surface area contributed by atoms with Gasteiger partial charge in [-0.1, -0.05) is 18.5 Å². The molecule has 0 bridgehead atoms. The SMILES string of the molecule is COC1(c2noc(C(C)N)n2)CCCC(C)C1. The molecule has 0 radical (unpaired) electrons. The van der Waals surface area contributed by atoms with Crippen LogP contribution in [0.5, 0.6) is 0 Å². The molecular weight excluding hydrogens is 218 g/mol. The molecule has 1 saturated carbocycles. The van der Waals surface area contributed by atoms with Crippen molar-refractivity contribution in [3.8, 4) is 0 Å². The maximum atomic E-state index is 5.73. The quantitative estimate of drug-likeness (QED) is 0.874. The first kappa shape index (κ1) is 12.5. The second kappa shape index (κ2) is 4.74. The molecule has 0 amide bonds. The average molecular weight is 239 g/mol. The second-order valence-electron chi connectivity index (χ2n) is 5.14. The zero-order chi connectivity index (χ0) is 12.5. The van der Waals surface area contributed by atoms with Crippen LogP contribution < -0.4 is 5.73 Å². The van der Waals surface area contributed by atoms with Crippen LogP contribution in [0.3, 0.4) is 0 Å². The van der Waals surface area contributed by atoms with Crippen LogP contribution in [0, 0.1) is 5.92 Å². The summed E-state index contributed by atoms with van der Waals surface area (Å²) >= 11 is 0. The second-order valence-corrected chi connectivity index (χ2v) is 5.14. The first-order valence-corrected chi connectivity index (χ1v) is 6.22.